The van der Waals surface area contributed by atoms with Crippen LogP contribution in [0.2, 0.25) is 0 Å². The van der Waals surface area contributed by atoms with Crippen molar-refractivity contribution in [1.29, 1.82) is 0 Å². The van der Waals surface area contributed by atoms with Crippen molar-refractivity contribution in [2.24, 2.45) is 0 Å². The number of carbonyl (C=O) groups is 1. The second-order valence-electron chi connectivity index (χ2n) is 3.73. The van der Waals surface area contributed by atoms with Gasteiger partial charge >= 0.3 is 5.97 Å². The van der Waals surface area contributed by atoms with Crippen LogP contribution >= 0.6 is 0 Å². The first kappa shape index (κ1) is 11.3. The summed E-state index contributed by atoms with van der Waals surface area (Å²) in [5.74, 6) is -0.157. The third-order valence-corrected chi connectivity index (χ3v) is 2.47. The Bertz CT molecular complexity index is 517. The van der Waals surface area contributed by atoms with E-state index in [-0.39, 0.29) is 5.56 Å². The monoisotopic (exact) mass is 231 g/mol. The molecule has 0 aliphatic carbocycles. The average Bonchev–Trinajstić information content (AvgIpc) is 2.78. The normalized spacial score (nSPS) is 10.4. The molecule has 88 valence electrons. The molecule has 0 unspecified atom stereocenters. The Morgan fingerprint density at radius 3 is 2.65 bits per heavy atom. The van der Waals surface area contributed by atoms with Crippen LogP contribution in [-0.2, 0) is 6.54 Å². The Labute approximate surface area is 98.7 Å². The van der Waals surface area contributed by atoms with Gasteiger partial charge in [0.25, 0.3) is 0 Å². The number of benzene rings is 1. The Morgan fingerprint density at radius 2 is 2.06 bits per heavy atom. The van der Waals surface area contributed by atoms with E-state index in [2.05, 4.69) is 17.1 Å². The van der Waals surface area contributed by atoms with E-state index in [9.17, 15) is 4.79 Å². The van der Waals surface area contributed by atoms with Gasteiger partial charge in [0.2, 0.25) is 0 Å². The summed E-state index contributed by atoms with van der Waals surface area (Å²) >= 11 is 0. The molecular weight excluding hydrogens is 218 g/mol. The Kier molecular flexibility index (Phi) is 3.18. The lowest BCUT2D eigenvalue weighted by Gasteiger charge is -2.04. The highest BCUT2D eigenvalue weighted by molar-refractivity contribution is 5.88. The van der Waals surface area contributed by atoms with Gasteiger partial charge in [0, 0.05) is 12.1 Å². The molecule has 1 aromatic heterocycles. The van der Waals surface area contributed by atoms with Crippen LogP contribution in [0.1, 0.15) is 23.7 Å². The number of rotatable bonds is 4. The lowest BCUT2D eigenvalue weighted by atomic mass is 10.1. The number of aromatic nitrogens is 3. The molecule has 0 atom stereocenters. The van der Waals surface area contributed by atoms with Crippen LogP contribution < -0.4 is 0 Å². The van der Waals surface area contributed by atoms with E-state index >= 15 is 0 Å². The Morgan fingerprint density at radius 1 is 1.35 bits per heavy atom. The van der Waals surface area contributed by atoms with E-state index in [1.165, 1.54) is 0 Å². The zero-order chi connectivity index (χ0) is 12.3. The molecule has 1 N–H and O–H groups in total. The zero-order valence-corrected chi connectivity index (χ0v) is 9.50. The summed E-state index contributed by atoms with van der Waals surface area (Å²) in [6.07, 6.45) is 2.68. The molecule has 5 heteroatoms. The fourth-order valence-corrected chi connectivity index (χ4v) is 1.64. The first-order valence-corrected chi connectivity index (χ1v) is 5.44. The van der Waals surface area contributed by atoms with Gasteiger partial charge in [-0.2, -0.15) is 0 Å². The molecule has 1 aromatic carbocycles. The fourth-order valence-electron chi connectivity index (χ4n) is 1.64. The van der Waals surface area contributed by atoms with Crippen LogP contribution in [0, 0.1) is 0 Å². The molecule has 0 amide bonds. The summed E-state index contributed by atoms with van der Waals surface area (Å²) in [6, 6.07) is 6.64. The fraction of sp³-hybridized carbons (Fsp3) is 0.250. The first-order chi connectivity index (χ1) is 8.22. The molecule has 5 nitrogen and oxygen atoms in total. The molecule has 17 heavy (non-hydrogen) atoms. The number of carboxylic acids is 1. The van der Waals surface area contributed by atoms with Crippen LogP contribution in [0.15, 0.2) is 30.6 Å². The first-order valence-electron chi connectivity index (χ1n) is 5.44. The van der Waals surface area contributed by atoms with Crippen molar-refractivity contribution in [3.63, 3.8) is 0 Å². The smallest absolute Gasteiger partial charge is 0.335 e. The summed E-state index contributed by atoms with van der Waals surface area (Å²) in [4.78, 5) is 10.7. The van der Waals surface area contributed by atoms with Gasteiger partial charge in [-0.05, 0) is 18.6 Å². The van der Waals surface area contributed by atoms with E-state index in [4.69, 9.17) is 5.11 Å². The van der Waals surface area contributed by atoms with E-state index in [1.54, 1.807) is 30.6 Å². The van der Waals surface area contributed by atoms with Gasteiger partial charge in [-0.3, -0.25) is 0 Å². The number of carboxylic acid groups (broad SMARTS) is 1. The van der Waals surface area contributed by atoms with Crippen molar-refractivity contribution in [2.45, 2.75) is 19.9 Å². The highest BCUT2D eigenvalue weighted by Gasteiger charge is 2.08. The number of hydrogen-bond acceptors (Lipinski definition) is 3. The number of aryl methyl sites for hydroxylation is 1. The van der Waals surface area contributed by atoms with Crippen LogP contribution in [-0.4, -0.2) is 25.8 Å². The highest BCUT2D eigenvalue weighted by Crippen LogP contribution is 2.17. The average molecular weight is 231 g/mol. The van der Waals surface area contributed by atoms with Crippen LogP contribution in [0.5, 0.6) is 0 Å². The van der Waals surface area contributed by atoms with Gasteiger partial charge in [-0.15, -0.1) is 10.2 Å². The quantitative estimate of drug-likeness (QED) is 0.874. The maximum Gasteiger partial charge on any atom is 0.335 e. The Hall–Kier alpha value is -2.17. The van der Waals surface area contributed by atoms with E-state index in [0.29, 0.717) is 0 Å². The van der Waals surface area contributed by atoms with Crippen LogP contribution in [0.3, 0.4) is 0 Å². The maximum absolute atomic E-state index is 10.7. The van der Waals surface area contributed by atoms with Crippen molar-refractivity contribution < 1.29 is 9.90 Å². The van der Waals surface area contributed by atoms with E-state index in [0.717, 1.165) is 24.4 Å². The molecule has 2 rings (SSSR count). The topological polar surface area (TPSA) is 68.0 Å². The second kappa shape index (κ2) is 4.78. The molecule has 0 saturated carbocycles. The third kappa shape index (κ3) is 2.33. The standard InChI is InChI=1S/C12H13N3O2/c1-2-7-15-8-13-14-11(15)9-3-5-10(6-4-9)12(16)17/h3-6,8H,2,7H2,1H3,(H,16,17). The molecule has 0 radical (unpaired) electrons. The van der Waals surface area contributed by atoms with Gasteiger partial charge in [-0.25, -0.2) is 4.79 Å². The van der Waals surface area contributed by atoms with Gasteiger partial charge in [-0.1, -0.05) is 19.1 Å². The highest BCUT2D eigenvalue weighted by atomic mass is 16.4. The molecule has 0 saturated heterocycles. The molecular formula is C12H13N3O2. The van der Waals surface area contributed by atoms with E-state index < -0.39 is 5.97 Å². The number of nitrogens with zero attached hydrogens (tertiary/aromatic N) is 3. The predicted octanol–water partition coefficient (Wildman–Crippen LogP) is 2.05. The summed E-state index contributed by atoms with van der Waals surface area (Å²) in [6.45, 7) is 2.93. The molecule has 1 heterocycles. The molecule has 0 spiro atoms. The molecule has 0 aliphatic heterocycles. The third-order valence-electron chi connectivity index (χ3n) is 2.47. The largest absolute Gasteiger partial charge is 0.478 e. The van der Waals surface area contributed by atoms with Crippen molar-refractivity contribution in [2.75, 3.05) is 0 Å². The molecule has 0 aliphatic rings. The van der Waals surface area contributed by atoms with Gasteiger partial charge in [0.15, 0.2) is 5.82 Å². The zero-order valence-electron chi connectivity index (χ0n) is 9.50. The minimum Gasteiger partial charge on any atom is -0.478 e. The van der Waals surface area contributed by atoms with Crippen LogP contribution in [0.25, 0.3) is 11.4 Å². The summed E-state index contributed by atoms with van der Waals surface area (Å²) < 4.78 is 1.95. The van der Waals surface area contributed by atoms with Crippen molar-refractivity contribution >= 4 is 5.97 Å². The predicted molar refractivity (Wildman–Crippen MR) is 62.7 cm³/mol. The second-order valence-corrected chi connectivity index (χ2v) is 3.73. The maximum atomic E-state index is 10.7. The lowest BCUT2D eigenvalue weighted by Crippen LogP contribution is -1.99. The van der Waals surface area contributed by atoms with Crippen molar-refractivity contribution in [3.05, 3.63) is 36.2 Å². The van der Waals surface area contributed by atoms with Crippen molar-refractivity contribution in [3.8, 4) is 11.4 Å². The van der Waals surface area contributed by atoms with Crippen molar-refractivity contribution in [1.82, 2.24) is 14.8 Å². The Balaban J connectivity index is 2.33. The summed E-state index contributed by atoms with van der Waals surface area (Å²) in [5, 5.41) is 16.7. The minimum absolute atomic E-state index is 0.273. The summed E-state index contributed by atoms with van der Waals surface area (Å²) in [5.41, 5.74) is 1.15. The summed E-state index contributed by atoms with van der Waals surface area (Å²) in [7, 11) is 0. The number of hydrogen-bond donors (Lipinski definition) is 1. The molecule has 0 fully saturated rings. The van der Waals surface area contributed by atoms with E-state index in [1.807, 2.05) is 4.57 Å². The molecule has 2 aromatic rings. The number of aromatic carboxylic acids is 1. The molecule has 0 bridgehead atoms. The van der Waals surface area contributed by atoms with Crippen LogP contribution in [0.4, 0.5) is 0 Å². The lowest BCUT2D eigenvalue weighted by molar-refractivity contribution is 0.0697. The van der Waals surface area contributed by atoms with Gasteiger partial charge in [0.1, 0.15) is 6.33 Å². The SMILES string of the molecule is CCCn1cnnc1-c1ccc(C(=O)O)cc1. The minimum atomic E-state index is -0.924. The van der Waals surface area contributed by atoms with Gasteiger partial charge in [0.05, 0.1) is 5.56 Å². The van der Waals surface area contributed by atoms with Gasteiger partial charge < -0.3 is 9.67 Å².